The van der Waals surface area contributed by atoms with Gasteiger partial charge in [0, 0.05) is 12.0 Å². The van der Waals surface area contributed by atoms with Crippen molar-refractivity contribution in [2.45, 2.75) is 52.2 Å². The molecule has 0 saturated carbocycles. The Morgan fingerprint density at radius 3 is 2.36 bits per heavy atom. The summed E-state index contributed by atoms with van der Waals surface area (Å²) in [7, 11) is 0. The second-order valence-corrected chi connectivity index (χ2v) is 6.59. The van der Waals surface area contributed by atoms with Gasteiger partial charge in [-0.1, -0.05) is 18.2 Å². The van der Waals surface area contributed by atoms with Gasteiger partial charge in [-0.3, -0.25) is 14.9 Å². The Bertz CT molecular complexity index is 581. The number of para-hydroxylation sites is 1. The molecule has 0 saturated heterocycles. The Morgan fingerprint density at radius 1 is 1.12 bits per heavy atom. The van der Waals surface area contributed by atoms with Crippen LogP contribution in [0.15, 0.2) is 30.3 Å². The van der Waals surface area contributed by atoms with E-state index in [1.165, 1.54) is 6.92 Å². The number of carbonyl (C=O) groups is 3. The van der Waals surface area contributed by atoms with Gasteiger partial charge in [0.05, 0.1) is 6.61 Å². The van der Waals surface area contributed by atoms with Crippen LogP contribution in [0, 0.1) is 0 Å². The quantitative estimate of drug-likeness (QED) is 0.582. The van der Waals surface area contributed by atoms with Crippen molar-refractivity contribution in [1.29, 1.82) is 0 Å². The highest BCUT2D eigenvalue weighted by Gasteiger charge is 2.21. The predicted molar refractivity (Wildman–Crippen MR) is 93.2 cm³/mol. The number of ether oxygens (including phenoxy) is 2. The highest BCUT2D eigenvalue weighted by Crippen LogP contribution is 2.09. The number of esters is 1. The van der Waals surface area contributed by atoms with E-state index in [0.717, 1.165) is 5.75 Å². The Morgan fingerprint density at radius 2 is 1.76 bits per heavy atom. The zero-order valence-electron chi connectivity index (χ0n) is 15.1. The molecule has 0 aromatic heterocycles. The molecule has 0 heterocycles. The minimum absolute atomic E-state index is 0.124. The van der Waals surface area contributed by atoms with Gasteiger partial charge < -0.3 is 14.8 Å². The molecule has 7 heteroatoms. The molecule has 0 spiro atoms. The summed E-state index contributed by atoms with van der Waals surface area (Å²) >= 11 is 0. The third-order valence-electron chi connectivity index (χ3n) is 2.94. The van der Waals surface area contributed by atoms with E-state index in [4.69, 9.17) is 9.47 Å². The zero-order chi connectivity index (χ0) is 18.9. The topological polar surface area (TPSA) is 93.7 Å². The van der Waals surface area contributed by atoms with Crippen molar-refractivity contribution in [3.05, 3.63) is 30.3 Å². The second-order valence-electron chi connectivity index (χ2n) is 6.59. The molecular formula is C18H26N2O5. The van der Waals surface area contributed by atoms with Crippen LogP contribution in [0.4, 0.5) is 4.79 Å². The molecule has 7 nitrogen and oxygen atoms in total. The summed E-state index contributed by atoms with van der Waals surface area (Å²) in [6, 6.07) is 8.63. The van der Waals surface area contributed by atoms with Gasteiger partial charge in [0.25, 0.3) is 5.91 Å². The van der Waals surface area contributed by atoms with E-state index in [9.17, 15) is 14.4 Å². The van der Waals surface area contributed by atoms with E-state index < -0.39 is 29.6 Å². The van der Waals surface area contributed by atoms with Crippen molar-refractivity contribution < 1.29 is 23.9 Å². The molecule has 1 unspecified atom stereocenters. The normalized spacial score (nSPS) is 12.0. The van der Waals surface area contributed by atoms with Gasteiger partial charge in [0.15, 0.2) is 6.10 Å². The lowest BCUT2D eigenvalue weighted by molar-refractivity contribution is -0.154. The molecule has 3 amide bonds. The third-order valence-corrected chi connectivity index (χ3v) is 2.94. The second kappa shape index (κ2) is 9.66. The lowest BCUT2D eigenvalue weighted by Crippen LogP contribution is -2.50. The zero-order valence-corrected chi connectivity index (χ0v) is 15.1. The molecule has 0 fully saturated rings. The number of urea groups is 1. The van der Waals surface area contributed by atoms with Gasteiger partial charge in [0.1, 0.15) is 5.75 Å². The van der Waals surface area contributed by atoms with Crippen LogP contribution in [0.25, 0.3) is 0 Å². The van der Waals surface area contributed by atoms with Crippen LogP contribution in [-0.4, -0.2) is 36.2 Å². The van der Waals surface area contributed by atoms with Crippen LogP contribution >= 0.6 is 0 Å². The molecule has 138 valence electrons. The summed E-state index contributed by atoms with van der Waals surface area (Å²) in [4.78, 5) is 35.1. The first-order valence-corrected chi connectivity index (χ1v) is 8.18. The highest BCUT2D eigenvalue weighted by atomic mass is 16.5. The number of hydrogen-bond donors (Lipinski definition) is 2. The van der Waals surface area contributed by atoms with Crippen molar-refractivity contribution in [2.75, 3.05) is 6.61 Å². The van der Waals surface area contributed by atoms with Gasteiger partial charge in [-0.2, -0.15) is 0 Å². The summed E-state index contributed by atoms with van der Waals surface area (Å²) in [6.07, 6.45) is -0.459. The van der Waals surface area contributed by atoms with Crippen LogP contribution in [0.3, 0.4) is 0 Å². The highest BCUT2D eigenvalue weighted by molar-refractivity contribution is 5.97. The monoisotopic (exact) mass is 350 g/mol. The van der Waals surface area contributed by atoms with Crippen LogP contribution in [0.5, 0.6) is 5.75 Å². The molecule has 0 radical (unpaired) electrons. The smallest absolute Gasteiger partial charge is 0.321 e. The SMILES string of the molecule is CC(OC(=O)CCCOc1ccccc1)C(=O)NC(=O)NC(C)(C)C. The van der Waals surface area contributed by atoms with Gasteiger partial charge >= 0.3 is 12.0 Å². The summed E-state index contributed by atoms with van der Waals surface area (Å²) in [5.74, 6) is -0.459. The van der Waals surface area contributed by atoms with Crippen LogP contribution < -0.4 is 15.4 Å². The van der Waals surface area contributed by atoms with Crippen molar-refractivity contribution in [2.24, 2.45) is 0 Å². The van der Waals surface area contributed by atoms with Gasteiger partial charge in [-0.05, 0) is 46.2 Å². The molecule has 1 aromatic carbocycles. The molecule has 0 bridgehead atoms. The first-order valence-electron chi connectivity index (χ1n) is 8.18. The van der Waals surface area contributed by atoms with E-state index >= 15 is 0 Å². The molecule has 0 aliphatic carbocycles. The van der Waals surface area contributed by atoms with Crippen LogP contribution in [0.1, 0.15) is 40.5 Å². The van der Waals surface area contributed by atoms with E-state index in [0.29, 0.717) is 13.0 Å². The lowest BCUT2D eigenvalue weighted by Gasteiger charge is -2.21. The maximum Gasteiger partial charge on any atom is 0.321 e. The fourth-order valence-corrected chi connectivity index (χ4v) is 1.82. The molecule has 2 N–H and O–H groups in total. The third kappa shape index (κ3) is 9.34. The maximum absolute atomic E-state index is 11.8. The number of carbonyl (C=O) groups excluding carboxylic acids is 3. The summed E-state index contributed by atoms with van der Waals surface area (Å²) < 4.78 is 10.5. The number of imide groups is 1. The van der Waals surface area contributed by atoms with Crippen molar-refractivity contribution in [3.8, 4) is 5.75 Å². The van der Waals surface area contributed by atoms with Crippen LogP contribution in [0.2, 0.25) is 0 Å². The van der Waals surface area contributed by atoms with Crippen LogP contribution in [-0.2, 0) is 14.3 Å². The molecule has 1 atom stereocenters. The fourth-order valence-electron chi connectivity index (χ4n) is 1.82. The summed E-state index contributed by atoms with van der Waals surface area (Å²) in [6.45, 7) is 7.15. The summed E-state index contributed by atoms with van der Waals surface area (Å²) in [5.41, 5.74) is -0.469. The molecule has 25 heavy (non-hydrogen) atoms. The molecule has 0 aliphatic heterocycles. The first kappa shape index (κ1) is 20.5. The minimum Gasteiger partial charge on any atom is -0.494 e. The standard InChI is InChI=1S/C18H26N2O5/c1-13(16(22)19-17(23)20-18(2,3)4)25-15(21)11-8-12-24-14-9-6-5-7-10-14/h5-7,9-10,13H,8,11-12H2,1-4H3,(H2,19,20,22,23). The lowest BCUT2D eigenvalue weighted by atomic mass is 10.1. The Labute approximate surface area is 148 Å². The van der Waals surface area contributed by atoms with E-state index in [2.05, 4.69) is 10.6 Å². The number of hydrogen-bond acceptors (Lipinski definition) is 5. The fraction of sp³-hybridized carbons (Fsp3) is 0.500. The minimum atomic E-state index is -1.05. The largest absolute Gasteiger partial charge is 0.494 e. The molecule has 0 aliphatic rings. The molecule has 1 rings (SSSR count). The average molecular weight is 350 g/mol. The number of amides is 3. The number of nitrogens with one attached hydrogen (secondary N) is 2. The maximum atomic E-state index is 11.8. The summed E-state index contributed by atoms with van der Waals surface area (Å²) in [5, 5.41) is 4.73. The van der Waals surface area contributed by atoms with Crippen molar-refractivity contribution in [1.82, 2.24) is 10.6 Å². The van der Waals surface area contributed by atoms with Gasteiger partial charge in [-0.25, -0.2) is 4.79 Å². The van der Waals surface area contributed by atoms with E-state index in [1.807, 2.05) is 30.3 Å². The first-order chi connectivity index (χ1) is 11.7. The number of benzene rings is 1. The van der Waals surface area contributed by atoms with Crippen molar-refractivity contribution in [3.63, 3.8) is 0 Å². The average Bonchev–Trinajstić information content (AvgIpc) is 2.50. The van der Waals surface area contributed by atoms with Gasteiger partial charge in [-0.15, -0.1) is 0 Å². The van der Waals surface area contributed by atoms with E-state index in [-0.39, 0.29) is 6.42 Å². The van der Waals surface area contributed by atoms with Gasteiger partial charge in [0.2, 0.25) is 0 Å². The molecular weight excluding hydrogens is 324 g/mol. The Hall–Kier alpha value is -2.57. The number of rotatable bonds is 7. The Balaban J connectivity index is 2.24. The van der Waals surface area contributed by atoms with E-state index in [1.54, 1.807) is 20.8 Å². The Kier molecular flexibility index (Phi) is 7.91. The molecule has 1 aromatic rings. The predicted octanol–water partition coefficient (Wildman–Crippen LogP) is 2.40. The van der Waals surface area contributed by atoms with Crippen molar-refractivity contribution >= 4 is 17.9 Å².